The van der Waals surface area contributed by atoms with Crippen molar-refractivity contribution in [3.8, 4) is 0 Å². The van der Waals surface area contributed by atoms with Crippen LogP contribution in [0, 0.1) is 13.8 Å². The lowest BCUT2D eigenvalue weighted by Crippen LogP contribution is -2.26. The monoisotopic (exact) mass is 323 g/mol. The van der Waals surface area contributed by atoms with Gasteiger partial charge in [-0.3, -0.25) is 4.79 Å². The zero-order valence-corrected chi connectivity index (χ0v) is 13.7. The minimum Gasteiger partial charge on any atom is -0.399 e. The van der Waals surface area contributed by atoms with Gasteiger partial charge in [-0.05, 0) is 38.3 Å². The van der Waals surface area contributed by atoms with E-state index in [0.29, 0.717) is 19.4 Å². The highest BCUT2D eigenvalue weighted by Gasteiger charge is 2.09. The van der Waals surface area contributed by atoms with Gasteiger partial charge < -0.3 is 15.6 Å². The highest BCUT2D eigenvalue weighted by atomic mass is 35.5. The molecular weight excluding hydrogens is 302 g/mol. The van der Waals surface area contributed by atoms with Crippen molar-refractivity contribution < 1.29 is 9.32 Å². The predicted octanol–water partition coefficient (Wildman–Crippen LogP) is 2.59. The average molecular weight is 324 g/mol. The van der Waals surface area contributed by atoms with Gasteiger partial charge in [0.25, 0.3) is 0 Å². The van der Waals surface area contributed by atoms with Crippen LogP contribution in [0.3, 0.4) is 0 Å². The Hall–Kier alpha value is -2.01. The molecule has 0 saturated heterocycles. The Labute approximate surface area is 136 Å². The van der Waals surface area contributed by atoms with E-state index in [1.165, 1.54) is 0 Å². The van der Waals surface area contributed by atoms with Crippen molar-refractivity contribution in [2.24, 2.45) is 0 Å². The summed E-state index contributed by atoms with van der Waals surface area (Å²) in [6.45, 7) is 4.38. The van der Waals surface area contributed by atoms with Crippen molar-refractivity contribution in [2.75, 3.05) is 12.3 Å². The number of halogens is 1. The van der Waals surface area contributed by atoms with Crippen molar-refractivity contribution in [3.63, 3.8) is 0 Å². The molecule has 1 aromatic carbocycles. The second-order valence-corrected chi connectivity index (χ2v) is 5.10. The van der Waals surface area contributed by atoms with Gasteiger partial charge in [0, 0.05) is 24.2 Å². The minimum atomic E-state index is 0. The minimum absolute atomic E-state index is 0. The van der Waals surface area contributed by atoms with Gasteiger partial charge in [0.2, 0.25) is 5.91 Å². The maximum atomic E-state index is 11.8. The number of hydrogen-bond acceptors (Lipinski definition) is 4. The maximum absolute atomic E-state index is 11.8. The molecule has 6 heteroatoms. The molecule has 0 fully saturated rings. The first kappa shape index (κ1) is 18.0. The van der Waals surface area contributed by atoms with Crippen LogP contribution in [-0.2, 0) is 17.6 Å². The molecule has 0 aliphatic heterocycles. The Morgan fingerprint density at radius 3 is 2.64 bits per heavy atom. The van der Waals surface area contributed by atoms with E-state index in [9.17, 15) is 4.79 Å². The van der Waals surface area contributed by atoms with E-state index in [4.69, 9.17) is 10.3 Å². The molecule has 0 spiro atoms. The summed E-state index contributed by atoms with van der Waals surface area (Å²) in [5, 5.41) is 6.81. The Bertz CT molecular complexity index is 606. The molecule has 22 heavy (non-hydrogen) atoms. The van der Waals surface area contributed by atoms with Gasteiger partial charge in [-0.15, -0.1) is 12.4 Å². The number of hydrogen-bond donors (Lipinski definition) is 2. The van der Waals surface area contributed by atoms with Crippen LogP contribution in [0.2, 0.25) is 0 Å². The fourth-order valence-electron chi connectivity index (χ4n) is 2.28. The number of anilines is 1. The summed E-state index contributed by atoms with van der Waals surface area (Å²) in [4.78, 5) is 11.8. The summed E-state index contributed by atoms with van der Waals surface area (Å²) in [7, 11) is 0. The number of amides is 1. The predicted molar refractivity (Wildman–Crippen MR) is 89.1 cm³/mol. The van der Waals surface area contributed by atoms with Crippen molar-refractivity contribution in [2.45, 2.75) is 33.1 Å². The third-order valence-electron chi connectivity index (χ3n) is 3.55. The van der Waals surface area contributed by atoms with Crippen molar-refractivity contribution in [1.82, 2.24) is 10.5 Å². The molecule has 0 unspecified atom stereocenters. The number of nitrogen functional groups attached to an aromatic ring is 1. The van der Waals surface area contributed by atoms with Crippen LogP contribution in [0.4, 0.5) is 5.69 Å². The van der Waals surface area contributed by atoms with E-state index in [0.717, 1.165) is 34.7 Å². The average Bonchev–Trinajstić information content (AvgIpc) is 2.78. The Kier molecular flexibility index (Phi) is 6.92. The van der Waals surface area contributed by atoms with E-state index >= 15 is 0 Å². The van der Waals surface area contributed by atoms with Crippen molar-refractivity contribution >= 4 is 24.0 Å². The topological polar surface area (TPSA) is 81.2 Å². The summed E-state index contributed by atoms with van der Waals surface area (Å²) in [6.07, 6.45) is 1.83. The first-order valence-corrected chi connectivity index (χ1v) is 7.09. The first-order valence-electron chi connectivity index (χ1n) is 7.09. The van der Waals surface area contributed by atoms with Gasteiger partial charge in [0.15, 0.2) is 0 Å². The molecule has 0 atom stereocenters. The van der Waals surface area contributed by atoms with Crippen molar-refractivity contribution in [3.05, 3.63) is 46.8 Å². The summed E-state index contributed by atoms with van der Waals surface area (Å²) >= 11 is 0. The second kappa shape index (κ2) is 8.44. The number of nitrogens with two attached hydrogens (primary N) is 1. The molecule has 0 bridgehead atoms. The fourth-order valence-corrected chi connectivity index (χ4v) is 2.28. The summed E-state index contributed by atoms with van der Waals surface area (Å²) in [5.41, 5.74) is 9.56. The molecule has 2 aromatic rings. The quantitative estimate of drug-likeness (QED) is 0.801. The summed E-state index contributed by atoms with van der Waals surface area (Å²) in [6, 6.07) is 7.63. The van der Waals surface area contributed by atoms with E-state index in [2.05, 4.69) is 10.5 Å². The van der Waals surface area contributed by atoms with Gasteiger partial charge in [-0.25, -0.2) is 0 Å². The fraction of sp³-hybridized carbons (Fsp3) is 0.375. The Morgan fingerprint density at radius 1 is 1.27 bits per heavy atom. The largest absolute Gasteiger partial charge is 0.399 e. The molecule has 3 N–H and O–H groups in total. The van der Waals surface area contributed by atoms with E-state index in [-0.39, 0.29) is 18.3 Å². The molecular formula is C16H22ClN3O2. The number of carbonyl (C=O) groups is 1. The first-order chi connectivity index (χ1) is 10.1. The Morgan fingerprint density at radius 2 is 2.00 bits per heavy atom. The zero-order valence-electron chi connectivity index (χ0n) is 12.9. The normalized spacial score (nSPS) is 10.1. The molecule has 0 radical (unpaired) electrons. The van der Waals surface area contributed by atoms with E-state index < -0.39 is 0 Å². The van der Waals surface area contributed by atoms with Gasteiger partial charge in [0.05, 0.1) is 5.69 Å². The van der Waals surface area contributed by atoms with Crippen LogP contribution < -0.4 is 11.1 Å². The molecule has 1 aromatic heterocycles. The number of aryl methyl sites for hydroxylation is 3. The standard InChI is InChI=1S/C16H21N3O2.ClH/c1-11-14(12(2)21-19-11)9-10-18-16(20)8-7-13-5-3-4-6-15(13)17;/h3-6H,7-10,17H2,1-2H3,(H,18,20);1H. The number of nitrogens with one attached hydrogen (secondary N) is 1. The summed E-state index contributed by atoms with van der Waals surface area (Å²) in [5.74, 6) is 0.851. The van der Waals surface area contributed by atoms with Gasteiger partial charge in [0.1, 0.15) is 5.76 Å². The molecule has 5 nitrogen and oxygen atoms in total. The van der Waals surface area contributed by atoms with Crippen LogP contribution >= 0.6 is 12.4 Å². The lowest BCUT2D eigenvalue weighted by molar-refractivity contribution is -0.121. The van der Waals surface area contributed by atoms with Crippen LogP contribution in [0.5, 0.6) is 0 Å². The smallest absolute Gasteiger partial charge is 0.220 e. The number of para-hydroxylation sites is 1. The molecule has 2 rings (SSSR count). The second-order valence-electron chi connectivity index (χ2n) is 5.10. The maximum Gasteiger partial charge on any atom is 0.220 e. The summed E-state index contributed by atoms with van der Waals surface area (Å²) < 4.78 is 5.09. The molecule has 0 aliphatic carbocycles. The van der Waals surface area contributed by atoms with Gasteiger partial charge in [-0.2, -0.15) is 0 Å². The van der Waals surface area contributed by atoms with Gasteiger partial charge >= 0.3 is 0 Å². The third-order valence-corrected chi connectivity index (χ3v) is 3.55. The zero-order chi connectivity index (χ0) is 15.2. The van der Waals surface area contributed by atoms with E-state index in [1.807, 2.05) is 38.1 Å². The number of nitrogens with zero attached hydrogens (tertiary/aromatic N) is 1. The Balaban J connectivity index is 0.00000242. The SMILES string of the molecule is Cc1noc(C)c1CCNC(=O)CCc1ccccc1N.Cl. The highest BCUT2D eigenvalue weighted by molar-refractivity contribution is 5.85. The lowest BCUT2D eigenvalue weighted by atomic mass is 10.1. The van der Waals surface area contributed by atoms with Crippen LogP contribution in [0.25, 0.3) is 0 Å². The third kappa shape index (κ3) is 4.77. The number of aromatic nitrogens is 1. The van der Waals surface area contributed by atoms with Crippen LogP contribution in [0.1, 0.15) is 29.0 Å². The lowest BCUT2D eigenvalue weighted by Gasteiger charge is -2.07. The molecule has 120 valence electrons. The number of carbonyl (C=O) groups excluding carboxylic acids is 1. The highest BCUT2D eigenvalue weighted by Crippen LogP contribution is 2.13. The molecule has 1 heterocycles. The van der Waals surface area contributed by atoms with Crippen LogP contribution in [-0.4, -0.2) is 17.6 Å². The number of benzene rings is 1. The molecule has 0 saturated carbocycles. The number of rotatable bonds is 6. The van der Waals surface area contributed by atoms with Crippen molar-refractivity contribution in [1.29, 1.82) is 0 Å². The van der Waals surface area contributed by atoms with Crippen LogP contribution in [0.15, 0.2) is 28.8 Å². The molecule has 0 aliphatic rings. The van der Waals surface area contributed by atoms with E-state index in [1.54, 1.807) is 0 Å². The molecule has 1 amide bonds. The van der Waals surface area contributed by atoms with Gasteiger partial charge in [-0.1, -0.05) is 23.4 Å².